The summed E-state index contributed by atoms with van der Waals surface area (Å²) in [6.07, 6.45) is 3.26. The summed E-state index contributed by atoms with van der Waals surface area (Å²) in [5, 5.41) is 2.95. The fourth-order valence-electron chi connectivity index (χ4n) is 0.791. The molecule has 5 nitrogen and oxygen atoms in total. The number of hydrogen-bond acceptors (Lipinski definition) is 4. The summed E-state index contributed by atoms with van der Waals surface area (Å²) < 4.78 is 0.808. The van der Waals surface area contributed by atoms with Crippen LogP contribution in [0.1, 0.15) is 13.8 Å². The maximum absolute atomic E-state index is 11.0. The minimum atomic E-state index is -0.615. The van der Waals surface area contributed by atoms with Crippen molar-refractivity contribution in [2.75, 3.05) is 11.9 Å². The van der Waals surface area contributed by atoms with E-state index in [0.717, 1.165) is 4.47 Å². The van der Waals surface area contributed by atoms with Gasteiger partial charge in [-0.1, -0.05) is 0 Å². The molecular weight excluding hydrogens is 260 g/mol. The van der Waals surface area contributed by atoms with Gasteiger partial charge in [-0.05, 0) is 29.8 Å². The molecule has 0 aromatic carbocycles. The quantitative estimate of drug-likeness (QED) is 0.862. The van der Waals surface area contributed by atoms with E-state index < -0.39 is 5.41 Å². The van der Waals surface area contributed by atoms with Gasteiger partial charge in [0.25, 0.3) is 0 Å². The normalized spacial score (nSPS) is 11.1. The predicted molar refractivity (Wildman–Crippen MR) is 61.2 cm³/mol. The first kappa shape index (κ1) is 11.9. The van der Waals surface area contributed by atoms with Gasteiger partial charge < -0.3 is 11.1 Å². The molecular formula is C9H13BrN4O. The Hall–Kier alpha value is -1.17. The Labute approximate surface area is 96.6 Å². The molecule has 15 heavy (non-hydrogen) atoms. The van der Waals surface area contributed by atoms with E-state index in [2.05, 4.69) is 31.2 Å². The topological polar surface area (TPSA) is 80.9 Å². The van der Waals surface area contributed by atoms with Crippen molar-refractivity contribution in [2.45, 2.75) is 13.8 Å². The molecule has 0 aliphatic carbocycles. The van der Waals surface area contributed by atoms with Crippen LogP contribution in [0, 0.1) is 5.41 Å². The van der Waals surface area contributed by atoms with Crippen molar-refractivity contribution < 1.29 is 4.79 Å². The van der Waals surface area contributed by atoms with Gasteiger partial charge in [0, 0.05) is 18.9 Å². The highest BCUT2D eigenvalue weighted by atomic mass is 79.9. The molecule has 0 aliphatic rings. The number of aromatic nitrogens is 2. The van der Waals surface area contributed by atoms with E-state index in [9.17, 15) is 4.79 Å². The zero-order valence-electron chi connectivity index (χ0n) is 8.62. The Balaban J connectivity index is 2.57. The number of rotatable bonds is 4. The Bertz CT molecular complexity index is 350. The number of anilines is 1. The lowest BCUT2D eigenvalue weighted by atomic mass is 9.93. The van der Waals surface area contributed by atoms with E-state index >= 15 is 0 Å². The molecule has 0 bridgehead atoms. The number of nitrogens with one attached hydrogen (secondary N) is 1. The maximum atomic E-state index is 11.0. The van der Waals surface area contributed by atoms with Gasteiger partial charge in [-0.3, -0.25) is 4.79 Å². The molecule has 0 saturated carbocycles. The maximum Gasteiger partial charge on any atom is 0.224 e. The summed E-state index contributed by atoms with van der Waals surface area (Å²) >= 11 is 3.23. The zero-order valence-corrected chi connectivity index (χ0v) is 10.2. The van der Waals surface area contributed by atoms with Gasteiger partial charge in [0.1, 0.15) is 0 Å². The van der Waals surface area contributed by atoms with E-state index in [4.69, 9.17) is 5.73 Å². The number of nitrogens with two attached hydrogens (primary N) is 1. The van der Waals surface area contributed by atoms with Crippen LogP contribution < -0.4 is 11.1 Å². The Morgan fingerprint density at radius 3 is 2.53 bits per heavy atom. The van der Waals surface area contributed by atoms with Crippen molar-refractivity contribution in [3.05, 3.63) is 16.9 Å². The molecule has 0 spiro atoms. The third kappa shape index (κ3) is 3.47. The minimum absolute atomic E-state index is 0.355. The van der Waals surface area contributed by atoms with E-state index in [1.807, 2.05) is 0 Å². The number of carbonyl (C=O) groups excluding carboxylic acids is 1. The van der Waals surface area contributed by atoms with Crippen LogP contribution in [0.15, 0.2) is 16.9 Å². The summed E-state index contributed by atoms with van der Waals surface area (Å²) in [7, 11) is 0. The summed E-state index contributed by atoms with van der Waals surface area (Å²) in [6.45, 7) is 3.94. The average Bonchev–Trinajstić information content (AvgIpc) is 2.17. The number of nitrogens with zero attached hydrogens (tertiary/aromatic N) is 2. The first-order chi connectivity index (χ1) is 6.92. The second-order valence-electron chi connectivity index (χ2n) is 3.83. The minimum Gasteiger partial charge on any atom is -0.369 e. The molecule has 82 valence electrons. The first-order valence-corrected chi connectivity index (χ1v) is 5.22. The van der Waals surface area contributed by atoms with E-state index in [1.165, 1.54) is 0 Å². The van der Waals surface area contributed by atoms with Gasteiger partial charge in [0.2, 0.25) is 11.9 Å². The number of carbonyl (C=O) groups is 1. The number of amides is 1. The second-order valence-corrected chi connectivity index (χ2v) is 4.74. The highest BCUT2D eigenvalue weighted by Crippen LogP contribution is 2.14. The molecule has 3 N–H and O–H groups in total. The van der Waals surface area contributed by atoms with Gasteiger partial charge in [-0.2, -0.15) is 0 Å². The summed E-state index contributed by atoms with van der Waals surface area (Å²) in [6, 6.07) is 0. The molecule has 0 saturated heterocycles. The molecule has 0 radical (unpaired) electrons. The van der Waals surface area contributed by atoms with Crippen LogP contribution in [-0.4, -0.2) is 22.4 Å². The third-order valence-electron chi connectivity index (χ3n) is 1.98. The predicted octanol–water partition coefficient (Wildman–Crippen LogP) is 1.16. The number of primary amides is 1. The fourth-order valence-corrected chi connectivity index (χ4v) is 0.995. The van der Waals surface area contributed by atoms with Crippen LogP contribution in [-0.2, 0) is 4.79 Å². The zero-order chi connectivity index (χ0) is 11.5. The van der Waals surface area contributed by atoms with Crippen LogP contribution in [0.3, 0.4) is 0 Å². The van der Waals surface area contributed by atoms with E-state index in [-0.39, 0.29) is 5.91 Å². The monoisotopic (exact) mass is 272 g/mol. The Kier molecular flexibility index (Phi) is 3.62. The molecule has 1 amide bonds. The SMILES string of the molecule is CC(C)(CNc1ncc(Br)cn1)C(N)=O. The van der Waals surface area contributed by atoms with Crippen molar-refractivity contribution in [3.63, 3.8) is 0 Å². The van der Waals surface area contributed by atoms with Gasteiger partial charge >= 0.3 is 0 Å². The van der Waals surface area contributed by atoms with Gasteiger partial charge in [-0.15, -0.1) is 0 Å². The van der Waals surface area contributed by atoms with Crippen molar-refractivity contribution in [1.82, 2.24) is 9.97 Å². The Morgan fingerprint density at radius 2 is 2.07 bits per heavy atom. The van der Waals surface area contributed by atoms with Crippen LogP contribution in [0.5, 0.6) is 0 Å². The molecule has 1 aromatic heterocycles. The molecule has 0 unspecified atom stereocenters. The summed E-state index contributed by atoms with van der Waals surface area (Å²) in [5.41, 5.74) is 4.62. The highest BCUT2D eigenvalue weighted by Gasteiger charge is 2.24. The third-order valence-corrected chi connectivity index (χ3v) is 2.39. The van der Waals surface area contributed by atoms with Crippen molar-refractivity contribution in [3.8, 4) is 0 Å². The lowest BCUT2D eigenvalue weighted by Gasteiger charge is -2.20. The van der Waals surface area contributed by atoms with E-state index in [0.29, 0.717) is 12.5 Å². The summed E-state index contributed by atoms with van der Waals surface area (Å²) in [4.78, 5) is 19.1. The average molecular weight is 273 g/mol. The Morgan fingerprint density at radius 1 is 1.53 bits per heavy atom. The largest absolute Gasteiger partial charge is 0.369 e. The van der Waals surface area contributed by atoms with Gasteiger partial charge in [-0.25, -0.2) is 9.97 Å². The van der Waals surface area contributed by atoms with Crippen LogP contribution in [0.2, 0.25) is 0 Å². The molecule has 0 aliphatic heterocycles. The first-order valence-electron chi connectivity index (χ1n) is 4.43. The van der Waals surface area contributed by atoms with Crippen molar-refractivity contribution in [1.29, 1.82) is 0 Å². The van der Waals surface area contributed by atoms with Crippen LogP contribution >= 0.6 is 15.9 Å². The molecule has 0 atom stereocenters. The van der Waals surface area contributed by atoms with Crippen molar-refractivity contribution in [2.24, 2.45) is 11.1 Å². The highest BCUT2D eigenvalue weighted by molar-refractivity contribution is 9.10. The lowest BCUT2D eigenvalue weighted by molar-refractivity contribution is -0.125. The summed E-state index contributed by atoms with van der Waals surface area (Å²) in [5.74, 6) is 0.125. The smallest absolute Gasteiger partial charge is 0.224 e. The lowest BCUT2D eigenvalue weighted by Crippen LogP contribution is -2.37. The molecule has 1 rings (SSSR count). The number of hydrogen-bond donors (Lipinski definition) is 2. The van der Waals surface area contributed by atoms with E-state index in [1.54, 1.807) is 26.2 Å². The van der Waals surface area contributed by atoms with Crippen molar-refractivity contribution >= 4 is 27.8 Å². The van der Waals surface area contributed by atoms with Gasteiger partial charge in [0.05, 0.1) is 9.89 Å². The standard InChI is InChI=1S/C9H13BrN4O/c1-9(2,7(11)15)5-14-8-12-3-6(10)4-13-8/h3-4H,5H2,1-2H3,(H2,11,15)(H,12,13,14). The molecule has 1 heterocycles. The molecule has 6 heteroatoms. The van der Waals surface area contributed by atoms with Crippen LogP contribution in [0.25, 0.3) is 0 Å². The molecule has 1 aromatic rings. The fraction of sp³-hybridized carbons (Fsp3) is 0.444. The second kappa shape index (κ2) is 4.57. The molecule has 0 fully saturated rings. The van der Waals surface area contributed by atoms with Gasteiger partial charge in [0.15, 0.2) is 0 Å². The number of halogens is 1. The van der Waals surface area contributed by atoms with Crippen LogP contribution in [0.4, 0.5) is 5.95 Å².